The van der Waals surface area contributed by atoms with E-state index in [2.05, 4.69) is 27.4 Å². The zero-order chi connectivity index (χ0) is 20.7. The van der Waals surface area contributed by atoms with Crippen LogP contribution in [0.15, 0.2) is 12.2 Å². The number of fused-ring (bicyclic) bond motifs is 1. The maximum atomic E-state index is 11.5. The van der Waals surface area contributed by atoms with Crippen LogP contribution in [0.2, 0.25) is 0 Å². The SMILES string of the molecule is C=C1CCC2[C@H](C)C([C@@]3(C)CC[C@H](OC(C)=O)C[C@@H]3COC(C)=O)CC[C@]12C. The molecule has 3 rings (SSSR count). The van der Waals surface area contributed by atoms with Crippen LogP contribution >= 0.6 is 0 Å². The Hall–Kier alpha value is -1.32. The van der Waals surface area contributed by atoms with Gasteiger partial charge in [0.05, 0.1) is 6.61 Å². The average molecular weight is 391 g/mol. The second-order valence-corrected chi connectivity index (χ2v) is 10.2. The molecule has 0 N–H and O–H groups in total. The number of rotatable bonds is 4. The van der Waals surface area contributed by atoms with E-state index >= 15 is 0 Å². The first-order chi connectivity index (χ1) is 13.1. The van der Waals surface area contributed by atoms with Gasteiger partial charge in [-0.25, -0.2) is 0 Å². The Labute approximate surface area is 170 Å². The lowest BCUT2D eigenvalue weighted by Gasteiger charge is -2.56. The molecule has 3 aliphatic carbocycles. The Morgan fingerprint density at radius 1 is 1.07 bits per heavy atom. The molecule has 0 aromatic rings. The van der Waals surface area contributed by atoms with Crippen molar-refractivity contribution in [3.8, 4) is 0 Å². The van der Waals surface area contributed by atoms with Crippen LogP contribution in [-0.2, 0) is 19.1 Å². The fourth-order valence-electron chi connectivity index (χ4n) is 7.02. The van der Waals surface area contributed by atoms with Gasteiger partial charge in [-0.1, -0.05) is 32.9 Å². The second kappa shape index (κ2) is 7.84. The summed E-state index contributed by atoms with van der Waals surface area (Å²) >= 11 is 0. The molecule has 3 fully saturated rings. The number of allylic oxidation sites excluding steroid dienone is 1. The van der Waals surface area contributed by atoms with Gasteiger partial charge in [0, 0.05) is 19.8 Å². The van der Waals surface area contributed by atoms with Crippen molar-refractivity contribution in [2.75, 3.05) is 6.61 Å². The monoisotopic (exact) mass is 390 g/mol. The van der Waals surface area contributed by atoms with E-state index < -0.39 is 0 Å². The number of hydrogen-bond donors (Lipinski definition) is 0. The standard InChI is InChI=1S/C24H38O4/c1-15-7-8-21-16(2)22(10-12-23(15,21)5)24(6)11-9-20(28-18(4)26)13-19(24)14-27-17(3)25/h16,19-22H,1,7-14H2,2-6H3/t16-,19+,20-,21?,22?,23+,24-/m0/s1. The Morgan fingerprint density at radius 3 is 2.43 bits per heavy atom. The van der Waals surface area contributed by atoms with Crippen LogP contribution in [0, 0.1) is 34.5 Å². The Bertz CT molecular complexity index is 641. The van der Waals surface area contributed by atoms with Gasteiger partial charge in [-0.2, -0.15) is 0 Å². The van der Waals surface area contributed by atoms with E-state index in [0.717, 1.165) is 19.3 Å². The minimum absolute atomic E-state index is 0.0541. The van der Waals surface area contributed by atoms with Crippen molar-refractivity contribution in [3.05, 3.63) is 12.2 Å². The zero-order valence-corrected chi connectivity index (χ0v) is 18.4. The largest absolute Gasteiger partial charge is 0.466 e. The molecule has 4 nitrogen and oxygen atoms in total. The number of esters is 2. The van der Waals surface area contributed by atoms with Crippen molar-refractivity contribution in [1.29, 1.82) is 0 Å². The second-order valence-electron chi connectivity index (χ2n) is 10.2. The predicted molar refractivity (Wildman–Crippen MR) is 109 cm³/mol. The van der Waals surface area contributed by atoms with E-state index in [4.69, 9.17) is 9.47 Å². The minimum Gasteiger partial charge on any atom is -0.466 e. The summed E-state index contributed by atoms with van der Waals surface area (Å²) in [5, 5.41) is 0. The molecule has 158 valence electrons. The average Bonchev–Trinajstić information content (AvgIpc) is 2.91. The zero-order valence-electron chi connectivity index (χ0n) is 18.4. The summed E-state index contributed by atoms with van der Waals surface area (Å²) in [4.78, 5) is 23.0. The first-order valence-electron chi connectivity index (χ1n) is 11.1. The molecule has 0 saturated heterocycles. The lowest BCUT2D eigenvalue weighted by atomic mass is 9.49. The van der Waals surface area contributed by atoms with Gasteiger partial charge >= 0.3 is 11.9 Å². The Kier molecular flexibility index (Phi) is 5.99. The summed E-state index contributed by atoms with van der Waals surface area (Å²) in [5.74, 6) is 1.73. The molecule has 28 heavy (non-hydrogen) atoms. The van der Waals surface area contributed by atoms with Gasteiger partial charge in [0.2, 0.25) is 0 Å². The van der Waals surface area contributed by atoms with Gasteiger partial charge in [-0.3, -0.25) is 9.59 Å². The van der Waals surface area contributed by atoms with E-state index in [-0.39, 0.29) is 29.4 Å². The van der Waals surface area contributed by atoms with Crippen molar-refractivity contribution in [3.63, 3.8) is 0 Å². The van der Waals surface area contributed by atoms with Crippen LogP contribution in [0.25, 0.3) is 0 Å². The summed E-state index contributed by atoms with van der Waals surface area (Å²) in [5.41, 5.74) is 1.85. The van der Waals surface area contributed by atoms with E-state index in [1.165, 1.54) is 45.1 Å². The van der Waals surface area contributed by atoms with Crippen molar-refractivity contribution in [1.82, 2.24) is 0 Å². The van der Waals surface area contributed by atoms with Crippen LogP contribution in [0.4, 0.5) is 0 Å². The van der Waals surface area contributed by atoms with E-state index in [1.807, 2.05) is 0 Å². The third-order valence-electron chi connectivity index (χ3n) is 8.78. The molecule has 3 aliphatic rings. The topological polar surface area (TPSA) is 52.6 Å². The quantitative estimate of drug-likeness (QED) is 0.482. The molecule has 0 heterocycles. The first kappa shape index (κ1) is 21.4. The van der Waals surface area contributed by atoms with Crippen molar-refractivity contribution in [2.45, 2.75) is 85.7 Å². The molecule has 3 saturated carbocycles. The fraction of sp³-hybridized carbons (Fsp3) is 0.833. The van der Waals surface area contributed by atoms with E-state index in [9.17, 15) is 9.59 Å². The molecular weight excluding hydrogens is 352 g/mol. The van der Waals surface area contributed by atoms with Gasteiger partial charge in [0.1, 0.15) is 6.10 Å². The summed E-state index contributed by atoms with van der Waals surface area (Å²) in [6.45, 7) is 15.0. The maximum Gasteiger partial charge on any atom is 0.302 e. The molecule has 0 aliphatic heterocycles. The highest BCUT2D eigenvalue weighted by atomic mass is 16.5. The lowest BCUT2D eigenvalue weighted by Crippen LogP contribution is -2.51. The molecule has 4 heteroatoms. The van der Waals surface area contributed by atoms with Crippen LogP contribution in [0.3, 0.4) is 0 Å². The smallest absolute Gasteiger partial charge is 0.302 e. The van der Waals surface area contributed by atoms with Crippen LogP contribution in [0.5, 0.6) is 0 Å². The van der Waals surface area contributed by atoms with E-state index in [0.29, 0.717) is 29.8 Å². The van der Waals surface area contributed by atoms with Gasteiger partial charge in [0.25, 0.3) is 0 Å². The minimum atomic E-state index is -0.228. The third kappa shape index (κ3) is 3.76. The Morgan fingerprint density at radius 2 is 1.79 bits per heavy atom. The highest BCUT2D eigenvalue weighted by molar-refractivity contribution is 5.66. The fourth-order valence-corrected chi connectivity index (χ4v) is 7.02. The van der Waals surface area contributed by atoms with Gasteiger partial charge in [-0.15, -0.1) is 0 Å². The molecule has 2 unspecified atom stereocenters. The third-order valence-corrected chi connectivity index (χ3v) is 8.78. The maximum absolute atomic E-state index is 11.5. The van der Waals surface area contributed by atoms with Crippen molar-refractivity contribution in [2.24, 2.45) is 34.5 Å². The van der Waals surface area contributed by atoms with Crippen LogP contribution < -0.4 is 0 Å². The molecule has 0 aromatic carbocycles. The van der Waals surface area contributed by atoms with Crippen LogP contribution in [0.1, 0.15) is 79.6 Å². The van der Waals surface area contributed by atoms with Crippen molar-refractivity contribution < 1.29 is 19.1 Å². The van der Waals surface area contributed by atoms with Gasteiger partial charge in [0.15, 0.2) is 0 Å². The molecule has 0 radical (unpaired) electrons. The number of carbonyl (C=O) groups is 2. The van der Waals surface area contributed by atoms with Gasteiger partial charge < -0.3 is 9.47 Å². The Balaban J connectivity index is 1.81. The number of ether oxygens (including phenoxy) is 2. The van der Waals surface area contributed by atoms with Gasteiger partial charge in [-0.05, 0) is 73.5 Å². The molecule has 0 aromatic heterocycles. The molecular formula is C24H38O4. The number of carbonyl (C=O) groups excluding carboxylic acids is 2. The first-order valence-corrected chi connectivity index (χ1v) is 11.1. The summed E-state index contributed by atoms with van der Waals surface area (Å²) in [7, 11) is 0. The highest BCUT2D eigenvalue weighted by Crippen LogP contribution is 2.63. The van der Waals surface area contributed by atoms with E-state index in [1.54, 1.807) is 0 Å². The normalized spacial score (nSPS) is 43.3. The lowest BCUT2D eigenvalue weighted by molar-refractivity contribution is -0.160. The molecule has 0 bridgehead atoms. The summed E-state index contributed by atoms with van der Waals surface area (Å²) in [6, 6.07) is 0. The predicted octanol–water partition coefficient (Wildman–Crippen LogP) is 5.31. The molecule has 0 spiro atoms. The molecule has 0 amide bonds. The summed E-state index contributed by atoms with van der Waals surface area (Å²) < 4.78 is 11.0. The van der Waals surface area contributed by atoms with Crippen LogP contribution in [-0.4, -0.2) is 24.6 Å². The number of hydrogen-bond acceptors (Lipinski definition) is 4. The summed E-state index contributed by atoms with van der Waals surface area (Å²) in [6.07, 6.45) is 7.52. The molecule has 7 atom stereocenters. The highest BCUT2D eigenvalue weighted by Gasteiger charge is 2.55. The van der Waals surface area contributed by atoms with Crippen molar-refractivity contribution >= 4 is 11.9 Å².